The van der Waals surface area contributed by atoms with Gasteiger partial charge in [-0.15, -0.1) is 0 Å². The van der Waals surface area contributed by atoms with E-state index in [1.807, 2.05) is 24.3 Å². The first-order chi connectivity index (χ1) is 12.2. The van der Waals surface area contributed by atoms with Crippen LogP contribution >= 0.6 is 15.9 Å². The summed E-state index contributed by atoms with van der Waals surface area (Å²) < 4.78 is 17.9. The number of amides is 1. The molecular formula is C18H17BrN2O4. The van der Waals surface area contributed by atoms with E-state index in [1.165, 1.54) is 0 Å². The molecule has 0 saturated carbocycles. The van der Waals surface area contributed by atoms with Crippen LogP contribution in [0.15, 0.2) is 41.0 Å². The second-order valence-corrected chi connectivity index (χ2v) is 6.75. The summed E-state index contributed by atoms with van der Waals surface area (Å²) in [5.74, 6) is 1.65. The molecule has 0 aliphatic carbocycles. The molecule has 2 aliphatic heterocycles. The Hall–Kier alpha value is -2.28. The number of para-hydroxylation sites is 1. The van der Waals surface area contributed by atoms with Gasteiger partial charge in [-0.1, -0.05) is 6.07 Å². The van der Waals surface area contributed by atoms with Crippen LogP contribution in [-0.2, 0) is 0 Å². The fraction of sp³-hybridized carbons (Fsp3) is 0.333. The minimum absolute atomic E-state index is 0.0615. The Morgan fingerprint density at radius 2 is 2.12 bits per heavy atom. The molecule has 0 N–H and O–H groups in total. The minimum Gasteiger partial charge on any atom is -0.486 e. The van der Waals surface area contributed by atoms with E-state index in [1.54, 1.807) is 17.2 Å². The number of aromatic nitrogens is 1. The Morgan fingerprint density at radius 3 is 3.00 bits per heavy atom. The molecule has 1 unspecified atom stereocenters. The maximum absolute atomic E-state index is 12.9. The fourth-order valence-corrected chi connectivity index (χ4v) is 3.39. The second kappa shape index (κ2) is 6.92. The Bertz CT molecular complexity index is 798. The Morgan fingerprint density at radius 1 is 1.24 bits per heavy atom. The molecule has 25 heavy (non-hydrogen) atoms. The first-order valence-corrected chi connectivity index (χ1v) is 8.97. The third-order valence-electron chi connectivity index (χ3n) is 4.23. The number of carbonyl (C=O) groups excluding carboxylic acids is 1. The van der Waals surface area contributed by atoms with Gasteiger partial charge in [0.05, 0.1) is 16.6 Å². The number of ether oxygens (including phenoxy) is 3. The quantitative estimate of drug-likeness (QED) is 0.786. The van der Waals surface area contributed by atoms with Gasteiger partial charge in [-0.05, 0) is 40.2 Å². The lowest BCUT2D eigenvalue weighted by atomic mass is 10.1. The number of nitrogens with zero attached hydrogens (tertiary/aromatic N) is 2. The van der Waals surface area contributed by atoms with Crippen molar-refractivity contribution in [1.82, 2.24) is 9.88 Å². The topological polar surface area (TPSA) is 60.9 Å². The maximum Gasteiger partial charge on any atom is 0.257 e. The summed E-state index contributed by atoms with van der Waals surface area (Å²) in [5, 5.41) is 0. The van der Waals surface area contributed by atoms with Crippen LogP contribution in [0.1, 0.15) is 16.8 Å². The number of rotatable bonds is 3. The highest BCUT2D eigenvalue weighted by Crippen LogP contribution is 2.35. The summed E-state index contributed by atoms with van der Waals surface area (Å²) in [4.78, 5) is 18.9. The van der Waals surface area contributed by atoms with Gasteiger partial charge in [0.25, 0.3) is 5.91 Å². The van der Waals surface area contributed by atoms with Crippen LogP contribution in [0, 0.1) is 0 Å². The molecule has 7 heteroatoms. The molecular weight excluding hydrogens is 388 g/mol. The zero-order chi connectivity index (χ0) is 17.2. The first-order valence-electron chi connectivity index (χ1n) is 8.17. The van der Waals surface area contributed by atoms with Crippen LogP contribution in [0.2, 0.25) is 0 Å². The molecule has 0 bridgehead atoms. The Labute approximate surface area is 153 Å². The molecule has 4 rings (SSSR count). The average Bonchev–Trinajstić information content (AvgIpc) is 3.11. The standard InChI is InChI=1S/C18H17BrN2O4/c19-14-4-2-7-20-17(14)25-12-6-8-21(11-12)18(22)13-3-1-5-15-16(13)24-10-9-23-15/h1-5,7,12H,6,8-11H2. The molecule has 1 atom stereocenters. The van der Waals surface area contributed by atoms with Crippen LogP contribution in [0.3, 0.4) is 0 Å². The third kappa shape index (κ3) is 3.28. The number of benzene rings is 1. The van der Waals surface area contributed by atoms with Crippen molar-refractivity contribution in [2.24, 2.45) is 0 Å². The zero-order valence-electron chi connectivity index (χ0n) is 13.5. The number of hydrogen-bond acceptors (Lipinski definition) is 5. The van der Waals surface area contributed by atoms with E-state index in [-0.39, 0.29) is 12.0 Å². The number of hydrogen-bond donors (Lipinski definition) is 0. The van der Waals surface area contributed by atoms with Gasteiger partial charge < -0.3 is 19.1 Å². The highest BCUT2D eigenvalue weighted by Gasteiger charge is 2.31. The normalized spacial score (nSPS) is 18.9. The maximum atomic E-state index is 12.9. The van der Waals surface area contributed by atoms with Gasteiger partial charge in [-0.3, -0.25) is 4.79 Å². The highest BCUT2D eigenvalue weighted by atomic mass is 79.9. The Balaban J connectivity index is 1.47. The number of carbonyl (C=O) groups is 1. The fourth-order valence-electron chi connectivity index (χ4n) is 3.04. The molecule has 0 spiro atoms. The average molecular weight is 405 g/mol. The number of likely N-dealkylation sites (tertiary alicyclic amines) is 1. The zero-order valence-corrected chi connectivity index (χ0v) is 15.1. The summed E-state index contributed by atoms with van der Waals surface area (Å²) in [6.45, 7) is 2.12. The van der Waals surface area contributed by atoms with Crippen LogP contribution in [-0.4, -0.2) is 48.2 Å². The molecule has 1 fully saturated rings. The lowest BCUT2D eigenvalue weighted by Gasteiger charge is -2.23. The summed E-state index contributed by atoms with van der Waals surface area (Å²) in [6.07, 6.45) is 2.37. The van der Waals surface area contributed by atoms with Gasteiger partial charge in [0.15, 0.2) is 11.5 Å². The van der Waals surface area contributed by atoms with Gasteiger partial charge >= 0.3 is 0 Å². The van der Waals surface area contributed by atoms with E-state index in [4.69, 9.17) is 14.2 Å². The van der Waals surface area contributed by atoms with Crippen LogP contribution in [0.25, 0.3) is 0 Å². The summed E-state index contributed by atoms with van der Waals surface area (Å²) in [5.41, 5.74) is 0.539. The van der Waals surface area contributed by atoms with Gasteiger partial charge in [0, 0.05) is 19.2 Å². The van der Waals surface area contributed by atoms with Crippen LogP contribution < -0.4 is 14.2 Å². The van der Waals surface area contributed by atoms with Crippen LogP contribution in [0.4, 0.5) is 0 Å². The Kier molecular flexibility index (Phi) is 4.48. The SMILES string of the molecule is O=C(c1cccc2c1OCCO2)N1CCC(Oc2ncccc2Br)C1. The van der Waals surface area contributed by atoms with Crippen molar-refractivity contribution >= 4 is 21.8 Å². The smallest absolute Gasteiger partial charge is 0.257 e. The molecule has 1 saturated heterocycles. The molecule has 6 nitrogen and oxygen atoms in total. The molecule has 2 aromatic rings. The molecule has 1 amide bonds. The minimum atomic E-state index is -0.0770. The molecule has 2 aliphatic rings. The van der Waals surface area contributed by atoms with Crippen molar-refractivity contribution in [3.8, 4) is 17.4 Å². The number of halogens is 1. The summed E-state index contributed by atoms with van der Waals surface area (Å²) in [7, 11) is 0. The van der Waals surface area contributed by atoms with Crippen molar-refractivity contribution in [3.63, 3.8) is 0 Å². The highest BCUT2D eigenvalue weighted by molar-refractivity contribution is 9.10. The molecule has 3 heterocycles. The molecule has 1 aromatic carbocycles. The van der Waals surface area contributed by atoms with E-state index >= 15 is 0 Å². The van der Waals surface area contributed by atoms with Gasteiger partial charge in [0.1, 0.15) is 19.3 Å². The van der Waals surface area contributed by atoms with Gasteiger partial charge in [-0.25, -0.2) is 4.98 Å². The first kappa shape index (κ1) is 16.2. The van der Waals surface area contributed by atoms with Crippen molar-refractivity contribution in [3.05, 3.63) is 46.6 Å². The van der Waals surface area contributed by atoms with E-state index in [2.05, 4.69) is 20.9 Å². The summed E-state index contributed by atoms with van der Waals surface area (Å²) in [6, 6.07) is 9.13. The van der Waals surface area contributed by atoms with E-state index < -0.39 is 0 Å². The van der Waals surface area contributed by atoms with Crippen LogP contribution in [0.5, 0.6) is 17.4 Å². The second-order valence-electron chi connectivity index (χ2n) is 5.90. The van der Waals surface area contributed by atoms with E-state index in [0.29, 0.717) is 49.2 Å². The lowest BCUT2D eigenvalue weighted by molar-refractivity contribution is 0.0760. The largest absolute Gasteiger partial charge is 0.486 e. The van der Waals surface area contributed by atoms with Gasteiger partial charge in [0.2, 0.25) is 5.88 Å². The van der Waals surface area contributed by atoms with Crippen molar-refractivity contribution in [2.75, 3.05) is 26.3 Å². The molecule has 0 radical (unpaired) electrons. The number of fused-ring (bicyclic) bond motifs is 1. The molecule has 130 valence electrons. The van der Waals surface area contributed by atoms with E-state index in [0.717, 1.165) is 10.9 Å². The summed E-state index contributed by atoms with van der Waals surface area (Å²) >= 11 is 3.43. The van der Waals surface area contributed by atoms with Gasteiger partial charge in [-0.2, -0.15) is 0 Å². The van der Waals surface area contributed by atoms with Crippen molar-refractivity contribution in [1.29, 1.82) is 0 Å². The van der Waals surface area contributed by atoms with Crippen molar-refractivity contribution < 1.29 is 19.0 Å². The molecule has 1 aromatic heterocycles. The predicted molar refractivity (Wildman–Crippen MR) is 94.3 cm³/mol. The van der Waals surface area contributed by atoms with Crippen molar-refractivity contribution in [2.45, 2.75) is 12.5 Å². The number of pyridine rings is 1. The lowest BCUT2D eigenvalue weighted by Crippen LogP contribution is -2.32. The third-order valence-corrected chi connectivity index (χ3v) is 4.84. The van der Waals surface area contributed by atoms with E-state index in [9.17, 15) is 4.79 Å². The predicted octanol–water partition coefficient (Wildman–Crippen LogP) is 2.91. The monoisotopic (exact) mass is 404 g/mol.